The molecule has 0 aliphatic carbocycles. The van der Waals surface area contributed by atoms with Gasteiger partial charge in [-0.15, -0.1) is 0 Å². The molecule has 2 aromatic rings. The molecule has 0 saturated carbocycles. The molecule has 0 bridgehead atoms. The fourth-order valence-electron chi connectivity index (χ4n) is 2.75. The number of piperazine rings is 1. The van der Waals surface area contributed by atoms with Gasteiger partial charge in [0.2, 0.25) is 0 Å². The van der Waals surface area contributed by atoms with Crippen molar-refractivity contribution in [3.63, 3.8) is 0 Å². The summed E-state index contributed by atoms with van der Waals surface area (Å²) in [4.78, 5) is 8.95. The third-order valence-electron chi connectivity index (χ3n) is 3.90. The average molecular weight is 303 g/mol. The fraction of sp³-hybridized carbons (Fsp3) is 0.312. The normalized spacial score (nSPS) is 15.3. The number of nitrogens with two attached hydrogens (primary N) is 1. The molecule has 5 heteroatoms. The van der Waals surface area contributed by atoms with Crippen LogP contribution in [0.2, 0.25) is 5.02 Å². The van der Waals surface area contributed by atoms with Crippen molar-refractivity contribution in [2.45, 2.75) is 6.54 Å². The monoisotopic (exact) mass is 302 g/mol. The summed E-state index contributed by atoms with van der Waals surface area (Å²) >= 11 is 6.07. The molecule has 0 unspecified atom stereocenters. The summed E-state index contributed by atoms with van der Waals surface area (Å²) in [5, 5.41) is 0.785. The van der Waals surface area contributed by atoms with E-state index in [2.05, 4.69) is 20.9 Å². The van der Waals surface area contributed by atoms with Crippen LogP contribution in [0.3, 0.4) is 0 Å². The van der Waals surface area contributed by atoms with Crippen LogP contribution in [0.5, 0.6) is 0 Å². The van der Waals surface area contributed by atoms with Gasteiger partial charge in [-0.2, -0.15) is 0 Å². The van der Waals surface area contributed by atoms with Gasteiger partial charge in [0.15, 0.2) is 0 Å². The minimum atomic E-state index is 0.548. The minimum Gasteiger partial charge on any atom is -0.368 e. The Balaban J connectivity index is 1.70. The maximum absolute atomic E-state index is 6.07. The van der Waals surface area contributed by atoms with E-state index in [1.54, 1.807) is 6.20 Å². The van der Waals surface area contributed by atoms with E-state index in [0.717, 1.165) is 42.5 Å². The van der Waals surface area contributed by atoms with Gasteiger partial charge in [-0.05, 0) is 29.8 Å². The molecule has 0 amide bonds. The van der Waals surface area contributed by atoms with Gasteiger partial charge in [0, 0.05) is 49.6 Å². The fourth-order valence-corrected chi connectivity index (χ4v) is 2.94. The molecule has 4 nitrogen and oxygen atoms in total. The Bertz CT molecular complexity index is 609. The van der Waals surface area contributed by atoms with E-state index in [9.17, 15) is 0 Å². The van der Waals surface area contributed by atoms with Gasteiger partial charge in [-0.25, -0.2) is 0 Å². The number of nitrogens with zero attached hydrogens (tertiary/aromatic N) is 3. The maximum Gasteiger partial charge on any atom is 0.0599 e. The first-order valence-corrected chi connectivity index (χ1v) is 7.54. The maximum atomic E-state index is 6.07. The Labute approximate surface area is 130 Å². The standard InChI is InChI=1S/C16H19ClN4/c17-14-2-1-3-15(10-14)20-6-8-21(9-7-20)16-12-19-5-4-13(16)11-18/h1-5,10,12H,6-9,11,18H2. The van der Waals surface area contributed by atoms with Crippen LogP contribution < -0.4 is 15.5 Å². The van der Waals surface area contributed by atoms with Crippen molar-refractivity contribution in [3.05, 3.63) is 53.3 Å². The number of hydrogen-bond donors (Lipinski definition) is 1. The van der Waals surface area contributed by atoms with Gasteiger partial charge in [0.1, 0.15) is 0 Å². The molecule has 1 saturated heterocycles. The summed E-state index contributed by atoms with van der Waals surface area (Å²) in [6, 6.07) is 10.0. The Kier molecular flexibility index (Phi) is 4.27. The van der Waals surface area contributed by atoms with Crippen LogP contribution in [0, 0.1) is 0 Å². The molecule has 1 aliphatic heterocycles. The predicted molar refractivity (Wildman–Crippen MR) is 88.0 cm³/mol. The molecule has 3 rings (SSSR count). The predicted octanol–water partition coefficient (Wildman–Crippen LogP) is 2.52. The van der Waals surface area contributed by atoms with Crippen molar-refractivity contribution >= 4 is 23.0 Å². The summed E-state index contributed by atoms with van der Waals surface area (Å²) in [5.41, 5.74) is 9.31. The molecule has 0 spiro atoms. The quantitative estimate of drug-likeness (QED) is 0.946. The van der Waals surface area contributed by atoms with E-state index < -0.39 is 0 Å². The first kappa shape index (κ1) is 14.2. The second kappa shape index (κ2) is 6.33. The van der Waals surface area contributed by atoms with Crippen molar-refractivity contribution in [2.75, 3.05) is 36.0 Å². The zero-order valence-corrected chi connectivity index (χ0v) is 12.6. The second-order valence-electron chi connectivity index (χ2n) is 5.16. The van der Waals surface area contributed by atoms with Crippen LogP contribution in [0.4, 0.5) is 11.4 Å². The molecule has 2 N–H and O–H groups in total. The van der Waals surface area contributed by atoms with Gasteiger partial charge in [0.05, 0.1) is 11.9 Å². The van der Waals surface area contributed by atoms with Crippen molar-refractivity contribution in [1.29, 1.82) is 0 Å². The number of pyridine rings is 1. The highest BCUT2D eigenvalue weighted by Gasteiger charge is 2.19. The second-order valence-corrected chi connectivity index (χ2v) is 5.60. The summed E-state index contributed by atoms with van der Waals surface area (Å²) < 4.78 is 0. The lowest BCUT2D eigenvalue weighted by atomic mass is 10.1. The number of rotatable bonds is 3. The molecule has 110 valence electrons. The Morgan fingerprint density at radius 3 is 2.57 bits per heavy atom. The Morgan fingerprint density at radius 2 is 1.86 bits per heavy atom. The van der Waals surface area contributed by atoms with Crippen LogP contribution in [0.1, 0.15) is 5.56 Å². The lowest BCUT2D eigenvalue weighted by Crippen LogP contribution is -2.47. The molecule has 1 aromatic carbocycles. The first-order valence-electron chi connectivity index (χ1n) is 7.16. The lowest BCUT2D eigenvalue weighted by molar-refractivity contribution is 0.650. The van der Waals surface area contributed by atoms with Crippen molar-refractivity contribution < 1.29 is 0 Å². The van der Waals surface area contributed by atoms with Crippen LogP contribution in [0.15, 0.2) is 42.7 Å². The van der Waals surface area contributed by atoms with Crippen molar-refractivity contribution in [1.82, 2.24) is 4.98 Å². The lowest BCUT2D eigenvalue weighted by Gasteiger charge is -2.38. The molecule has 1 aliphatic rings. The molecule has 1 aromatic heterocycles. The van der Waals surface area contributed by atoms with Crippen LogP contribution >= 0.6 is 11.6 Å². The Morgan fingerprint density at radius 1 is 1.10 bits per heavy atom. The van der Waals surface area contributed by atoms with Crippen molar-refractivity contribution in [2.24, 2.45) is 5.73 Å². The van der Waals surface area contributed by atoms with Gasteiger partial charge >= 0.3 is 0 Å². The highest BCUT2D eigenvalue weighted by atomic mass is 35.5. The molecule has 1 fully saturated rings. The van der Waals surface area contributed by atoms with Gasteiger partial charge in [0.25, 0.3) is 0 Å². The van der Waals surface area contributed by atoms with Crippen LogP contribution in [-0.2, 0) is 6.54 Å². The SMILES string of the molecule is NCc1ccncc1N1CCN(c2cccc(Cl)c2)CC1. The highest BCUT2D eigenvalue weighted by molar-refractivity contribution is 6.30. The van der Waals surface area contributed by atoms with E-state index in [0.29, 0.717) is 6.54 Å². The largest absolute Gasteiger partial charge is 0.368 e. The van der Waals surface area contributed by atoms with E-state index in [1.807, 2.05) is 30.5 Å². The number of aromatic nitrogens is 1. The van der Waals surface area contributed by atoms with Gasteiger partial charge in [-0.3, -0.25) is 4.98 Å². The molecule has 0 radical (unpaired) electrons. The van der Waals surface area contributed by atoms with Crippen LogP contribution in [0.25, 0.3) is 0 Å². The molecular weight excluding hydrogens is 284 g/mol. The number of anilines is 2. The first-order chi connectivity index (χ1) is 10.3. The molecule has 21 heavy (non-hydrogen) atoms. The highest BCUT2D eigenvalue weighted by Crippen LogP contribution is 2.24. The molecule has 2 heterocycles. The van der Waals surface area contributed by atoms with Crippen molar-refractivity contribution in [3.8, 4) is 0 Å². The third-order valence-corrected chi connectivity index (χ3v) is 4.14. The van der Waals surface area contributed by atoms with Gasteiger partial charge in [-0.1, -0.05) is 17.7 Å². The summed E-state index contributed by atoms with van der Waals surface area (Å²) in [6.45, 7) is 4.42. The van der Waals surface area contributed by atoms with E-state index >= 15 is 0 Å². The topological polar surface area (TPSA) is 45.4 Å². The zero-order valence-electron chi connectivity index (χ0n) is 11.9. The zero-order chi connectivity index (χ0) is 14.7. The summed E-state index contributed by atoms with van der Waals surface area (Å²) in [6.07, 6.45) is 3.71. The Hall–Kier alpha value is -1.78. The van der Waals surface area contributed by atoms with E-state index in [1.165, 1.54) is 5.69 Å². The minimum absolute atomic E-state index is 0.548. The summed E-state index contributed by atoms with van der Waals surface area (Å²) in [5.74, 6) is 0. The molecular formula is C16H19ClN4. The average Bonchev–Trinajstić information content (AvgIpc) is 2.55. The van der Waals surface area contributed by atoms with E-state index in [4.69, 9.17) is 17.3 Å². The smallest absolute Gasteiger partial charge is 0.0599 e. The van der Waals surface area contributed by atoms with Gasteiger partial charge < -0.3 is 15.5 Å². The third kappa shape index (κ3) is 3.12. The summed E-state index contributed by atoms with van der Waals surface area (Å²) in [7, 11) is 0. The number of benzene rings is 1. The molecule has 0 atom stereocenters. The number of hydrogen-bond acceptors (Lipinski definition) is 4. The van der Waals surface area contributed by atoms with Crippen LogP contribution in [-0.4, -0.2) is 31.2 Å². The van der Waals surface area contributed by atoms with E-state index in [-0.39, 0.29) is 0 Å². The number of halogens is 1.